The first-order valence-corrected chi connectivity index (χ1v) is 9.74. The summed E-state index contributed by atoms with van der Waals surface area (Å²) in [7, 11) is 6.71. The predicted octanol–water partition coefficient (Wildman–Crippen LogP) is 4.18. The van der Waals surface area contributed by atoms with E-state index in [1.54, 1.807) is 27.4 Å². The fraction of sp³-hybridized carbons (Fsp3) is 0.409. The third-order valence-electron chi connectivity index (χ3n) is 4.98. The van der Waals surface area contributed by atoms with Crippen molar-refractivity contribution in [3.63, 3.8) is 0 Å². The Bertz CT molecular complexity index is 857. The molecule has 6 nitrogen and oxygen atoms in total. The standard InChI is InChI=1S/C22H29ClN2O4/c1-14-11-18(20(28-5)13-17(14)23)24-22(26)15(2)25(3)10-9-16-7-8-19(27-4)21(12-16)29-6/h7-8,11-13,15H,9-10H2,1-6H3,(H,24,26)/t15-/m1/s1. The topological polar surface area (TPSA) is 60.0 Å². The fourth-order valence-corrected chi connectivity index (χ4v) is 3.06. The van der Waals surface area contributed by atoms with Crippen molar-refractivity contribution < 1.29 is 19.0 Å². The SMILES string of the molecule is COc1cc(Cl)c(C)cc1NC(=O)[C@@H](C)N(C)CCc1ccc(OC)c(OC)c1. The third kappa shape index (κ3) is 5.78. The molecule has 0 unspecified atom stereocenters. The highest BCUT2D eigenvalue weighted by molar-refractivity contribution is 6.31. The first-order chi connectivity index (χ1) is 13.8. The van der Waals surface area contributed by atoms with Crippen molar-refractivity contribution in [1.82, 2.24) is 4.90 Å². The molecule has 1 atom stereocenters. The molecule has 0 spiro atoms. The van der Waals surface area contributed by atoms with Gasteiger partial charge in [-0.2, -0.15) is 0 Å². The Labute approximate surface area is 177 Å². The molecule has 2 aromatic rings. The molecule has 0 fully saturated rings. The maximum absolute atomic E-state index is 12.7. The lowest BCUT2D eigenvalue weighted by Gasteiger charge is -2.24. The fourth-order valence-electron chi connectivity index (χ4n) is 2.90. The summed E-state index contributed by atoms with van der Waals surface area (Å²) in [6.07, 6.45) is 0.776. The van der Waals surface area contributed by atoms with Gasteiger partial charge in [-0.1, -0.05) is 17.7 Å². The summed E-state index contributed by atoms with van der Waals surface area (Å²) in [5, 5.41) is 3.54. The van der Waals surface area contributed by atoms with Gasteiger partial charge in [-0.3, -0.25) is 9.69 Å². The Morgan fingerprint density at radius 1 is 1.07 bits per heavy atom. The molecule has 0 aliphatic carbocycles. The Morgan fingerprint density at radius 2 is 1.72 bits per heavy atom. The van der Waals surface area contributed by atoms with E-state index in [2.05, 4.69) is 5.32 Å². The normalized spacial score (nSPS) is 11.9. The predicted molar refractivity (Wildman–Crippen MR) is 117 cm³/mol. The number of likely N-dealkylation sites (N-methyl/N-ethyl adjacent to an activating group) is 1. The number of anilines is 1. The van der Waals surface area contributed by atoms with Crippen LogP contribution in [0.15, 0.2) is 30.3 Å². The van der Waals surface area contributed by atoms with E-state index in [0.29, 0.717) is 34.5 Å². The maximum Gasteiger partial charge on any atom is 0.241 e. The molecule has 0 aliphatic heterocycles. The van der Waals surface area contributed by atoms with Crippen molar-refractivity contribution in [2.24, 2.45) is 0 Å². The number of nitrogens with one attached hydrogen (secondary N) is 1. The summed E-state index contributed by atoms with van der Waals surface area (Å²) in [5.74, 6) is 1.82. The van der Waals surface area contributed by atoms with Crippen molar-refractivity contribution in [2.45, 2.75) is 26.3 Å². The number of aryl methyl sites for hydroxylation is 1. The lowest BCUT2D eigenvalue weighted by Crippen LogP contribution is -2.40. The van der Waals surface area contributed by atoms with Crippen LogP contribution in [-0.2, 0) is 11.2 Å². The van der Waals surface area contributed by atoms with Crippen molar-refractivity contribution in [3.8, 4) is 17.2 Å². The molecule has 2 aromatic carbocycles. The molecular weight excluding hydrogens is 392 g/mol. The summed E-state index contributed by atoms with van der Waals surface area (Å²) in [4.78, 5) is 14.7. The number of hydrogen-bond acceptors (Lipinski definition) is 5. The van der Waals surface area contributed by atoms with Crippen molar-refractivity contribution >= 4 is 23.2 Å². The highest BCUT2D eigenvalue weighted by Crippen LogP contribution is 2.31. The monoisotopic (exact) mass is 420 g/mol. The summed E-state index contributed by atoms with van der Waals surface area (Å²) in [5.41, 5.74) is 2.59. The first-order valence-electron chi connectivity index (χ1n) is 9.36. The van der Waals surface area contributed by atoms with Crippen molar-refractivity contribution in [3.05, 3.63) is 46.5 Å². The Hall–Kier alpha value is -2.44. The van der Waals surface area contributed by atoms with Gasteiger partial charge in [0.2, 0.25) is 5.91 Å². The van der Waals surface area contributed by atoms with Crippen LogP contribution < -0.4 is 19.5 Å². The van der Waals surface area contributed by atoms with E-state index in [0.717, 1.165) is 17.5 Å². The largest absolute Gasteiger partial charge is 0.495 e. The summed E-state index contributed by atoms with van der Waals surface area (Å²) >= 11 is 6.14. The Balaban J connectivity index is 2.00. The summed E-state index contributed by atoms with van der Waals surface area (Å²) < 4.78 is 16.0. The molecule has 0 bridgehead atoms. The smallest absolute Gasteiger partial charge is 0.241 e. The van der Waals surface area contributed by atoms with Crippen LogP contribution in [0.1, 0.15) is 18.1 Å². The number of rotatable bonds is 9. The van der Waals surface area contributed by atoms with E-state index < -0.39 is 0 Å². The number of ether oxygens (including phenoxy) is 3. The summed E-state index contributed by atoms with van der Waals surface area (Å²) in [6, 6.07) is 9.04. The third-order valence-corrected chi connectivity index (χ3v) is 5.39. The van der Waals surface area contributed by atoms with E-state index >= 15 is 0 Å². The minimum absolute atomic E-state index is 0.111. The molecule has 0 saturated carbocycles. The second kappa shape index (κ2) is 10.4. The van der Waals surface area contributed by atoms with Gasteiger partial charge in [0.05, 0.1) is 33.1 Å². The van der Waals surface area contributed by atoms with Gasteiger partial charge in [0.15, 0.2) is 11.5 Å². The van der Waals surface area contributed by atoms with E-state index in [9.17, 15) is 4.79 Å². The van der Waals surface area contributed by atoms with Gasteiger partial charge in [0, 0.05) is 17.6 Å². The van der Waals surface area contributed by atoms with Gasteiger partial charge in [0.1, 0.15) is 5.75 Å². The minimum atomic E-state index is -0.323. The number of methoxy groups -OCH3 is 3. The van der Waals surface area contributed by atoms with Crippen LogP contribution in [0.5, 0.6) is 17.2 Å². The van der Waals surface area contributed by atoms with Crippen LogP contribution in [0.4, 0.5) is 5.69 Å². The Kier molecular flexibility index (Phi) is 8.17. The first kappa shape index (κ1) is 22.8. The van der Waals surface area contributed by atoms with E-state index in [1.807, 2.05) is 50.1 Å². The molecule has 1 amide bonds. The zero-order chi connectivity index (χ0) is 21.6. The van der Waals surface area contributed by atoms with Gasteiger partial charge in [-0.25, -0.2) is 0 Å². The number of benzene rings is 2. The number of amides is 1. The molecule has 7 heteroatoms. The number of hydrogen-bond donors (Lipinski definition) is 1. The van der Waals surface area contributed by atoms with Gasteiger partial charge in [0.25, 0.3) is 0 Å². The van der Waals surface area contributed by atoms with Crippen LogP contribution in [0.3, 0.4) is 0 Å². The van der Waals surface area contributed by atoms with Crippen LogP contribution in [0.2, 0.25) is 5.02 Å². The van der Waals surface area contributed by atoms with Crippen LogP contribution in [-0.4, -0.2) is 51.8 Å². The summed E-state index contributed by atoms with van der Waals surface area (Å²) in [6.45, 7) is 4.47. The lowest BCUT2D eigenvalue weighted by atomic mass is 10.1. The number of nitrogens with zero attached hydrogens (tertiary/aromatic N) is 1. The minimum Gasteiger partial charge on any atom is -0.495 e. The second-order valence-electron chi connectivity index (χ2n) is 6.89. The van der Waals surface area contributed by atoms with E-state index in [4.69, 9.17) is 25.8 Å². The Morgan fingerprint density at radius 3 is 2.34 bits per heavy atom. The molecule has 0 heterocycles. The van der Waals surface area contributed by atoms with Gasteiger partial charge in [-0.15, -0.1) is 0 Å². The van der Waals surface area contributed by atoms with Crippen LogP contribution in [0.25, 0.3) is 0 Å². The molecule has 2 rings (SSSR count). The molecular formula is C22H29ClN2O4. The molecule has 0 aromatic heterocycles. The van der Waals surface area contributed by atoms with Crippen molar-refractivity contribution in [2.75, 3.05) is 40.2 Å². The average Bonchev–Trinajstić information content (AvgIpc) is 2.73. The van der Waals surface area contributed by atoms with E-state index in [-0.39, 0.29) is 11.9 Å². The average molecular weight is 421 g/mol. The van der Waals surface area contributed by atoms with Crippen LogP contribution in [0, 0.1) is 6.92 Å². The van der Waals surface area contributed by atoms with Gasteiger partial charge >= 0.3 is 0 Å². The molecule has 1 N–H and O–H groups in total. The second-order valence-corrected chi connectivity index (χ2v) is 7.29. The molecule has 29 heavy (non-hydrogen) atoms. The van der Waals surface area contributed by atoms with Crippen LogP contribution >= 0.6 is 11.6 Å². The number of carbonyl (C=O) groups excluding carboxylic acids is 1. The zero-order valence-electron chi connectivity index (χ0n) is 17.8. The van der Waals surface area contributed by atoms with Gasteiger partial charge in [-0.05, 0) is 56.6 Å². The van der Waals surface area contributed by atoms with Gasteiger partial charge < -0.3 is 19.5 Å². The maximum atomic E-state index is 12.7. The molecule has 0 saturated heterocycles. The zero-order valence-corrected chi connectivity index (χ0v) is 18.6. The highest BCUT2D eigenvalue weighted by Gasteiger charge is 2.20. The van der Waals surface area contributed by atoms with E-state index in [1.165, 1.54) is 0 Å². The lowest BCUT2D eigenvalue weighted by molar-refractivity contribution is -0.120. The molecule has 158 valence electrons. The molecule has 0 radical (unpaired) electrons. The number of halogens is 1. The molecule has 0 aliphatic rings. The van der Waals surface area contributed by atoms with Crippen molar-refractivity contribution in [1.29, 1.82) is 0 Å². The highest BCUT2D eigenvalue weighted by atomic mass is 35.5. The number of carbonyl (C=O) groups is 1. The quantitative estimate of drug-likeness (QED) is 0.659.